The summed E-state index contributed by atoms with van der Waals surface area (Å²) >= 11 is 0. The standard InChI is InChI=1S/C92H173NO8/c1-6-8-10-12-14-16-18-20-22-24-26-28-30-32-34-36-38-40-42-44-45-47-49-51-53-55-57-59-61-63-65-67-69-71-73-75-77-79-81-83-90(95)101-88(87-100-92(91(96)97)98-85-84-93(3,4)5)86-99-89(94)82-80-78-76-74-72-70-68-66-64-62-60-58-56-54-52-50-48-46-43-41-39-37-35-33-31-29-27-25-23-21-19-17-15-13-11-9-7-2/h8,10,14,16,20,22,26,28,88,92H,6-7,9,11-13,15,17-19,21,23-25,27,29-87H2,1-5H3/p+1/b10-8-,16-14-,22-20-,28-26-. The molecule has 0 aliphatic carbocycles. The summed E-state index contributed by atoms with van der Waals surface area (Å²) in [7, 11) is 6.01. The lowest BCUT2D eigenvalue weighted by Gasteiger charge is -2.25. The summed E-state index contributed by atoms with van der Waals surface area (Å²) in [6, 6.07) is 0. The lowest BCUT2D eigenvalue weighted by molar-refractivity contribution is -0.870. The van der Waals surface area contributed by atoms with Crippen LogP contribution in [0.2, 0.25) is 0 Å². The molecule has 0 saturated carbocycles. The molecule has 1 N–H and O–H groups in total. The molecule has 0 saturated heterocycles. The Kier molecular flexibility index (Phi) is 80.6. The minimum Gasteiger partial charge on any atom is -0.477 e. The van der Waals surface area contributed by atoms with Gasteiger partial charge in [-0.15, -0.1) is 0 Å². The number of aliphatic carboxylic acids is 1. The molecule has 101 heavy (non-hydrogen) atoms. The van der Waals surface area contributed by atoms with Gasteiger partial charge in [-0.25, -0.2) is 4.79 Å². The van der Waals surface area contributed by atoms with Crippen LogP contribution in [0, 0.1) is 0 Å². The Balaban J connectivity index is 3.89. The summed E-state index contributed by atoms with van der Waals surface area (Å²) in [6.07, 6.45) is 108. The first-order valence-electron chi connectivity index (χ1n) is 44.8. The van der Waals surface area contributed by atoms with E-state index in [0.29, 0.717) is 17.4 Å². The van der Waals surface area contributed by atoms with E-state index in [-0.39, 0.29) is 38.2 Å². The maximum atomic E-state index is 13.0. The first-order chi connectivity index (χ1) is 49.6. The van der Waals surface area contributed by atoms with Gasteiger partial charge in [-0.1, -0.05) is 448 Å². The average Bonchev–Trinajstić information content (AvgIpc) is 1.21. The number of carbonyl (C=O) groups is 3. The highest BCUT2D eigenvalue weighted by Gasteiger charge is 2.25. The van der Waals surface area contributed by atoms with Crippen molar-refractivity contribution in [1.82, 2.24) is 0 Å². The van der Waals surface area contributed by atoms with Gasteiger partial charge in [0.05, 0.1) is 34.4 Å². The molecular formula is C92H174NO8+. The Bertz CT molecular complexity index is 1800. The number of hydrogen-bond acceptors (Lipinski definition) is 7. The van der Waals surface area contributed by atoms with Gasteiger partial charge in [0.15, 0.2) is 6.10 Å². The molecular weight excluding hydrogens is 1250 g/mol. The quantitative estimate of drug-likeness (QED) is 0.0211. The molecule has 0 aliphatic rings. The lowest BCUT2D eigenvalue weighted by Crippen LogP contribution is -2.40. The number of esters is 2. The molecule has 0 rings (SSSR count). The highest BCUT2D eigenvalue weighted by atomic mass is 16.7. The van der Waals surface area contributed by atoms with Crippen LogP contribution in [-0.2, 0) is 33.3 Å². The first kappa shape index (κ1) is 98.2. The molecule has 0 aromatic heterocycles. The number of allylic oxidation sites excluding steroid dienone is 8. The Hall–Kier alpha value is -2.75. The number of carbonyl (C=O) groups excluding carboxylic acids is 2. The van der Waals surface area contributed by atoms with E-state index in [1.54, 1.807) is 0 Å². The van der Waals surface area contributed by atoms with Crippen LogP contribution in [0.5, 0.6) is 0 Å². The van der Waals surface area contributed by atoms with E-state index in [0.717, 1.165) is 64.2 Å². The normalized spacial score (nSPS) is 12.8. The number of carboxylic acid groups (broad SMARTS) is 1. The second kappa shape index (κ2) is 82.9. The second-order valence-electron chi connectivity index (χ2n) is 31.9. The second-order valence-corrected chi connectivity index (χ2v) is 31.9. The van der Waals surface area contributed by atoms with Crippen molar-refractivity contribution in [3.05, 3.63) is 48.6 Å². The molecule has 0 bridgehead atoms. The smallest absolute Gasteiger partial charge is 0.361 e. The molecule has 2 unspecified atom stereocenters. The Labute approximate surface area is 629 Å². The molecule has 0 fully saturated rings. The fraction of sp³-hybridized carbons (Fsp3) is 0.880. The number of rotatable bonds is 85. The van der Waals surface area contributed by atoms with Gasteiger partial charge < -0.3 is 28.5 Å². The number of ether oxygens (including phenoxy) is 4. The van der Waals surface area contributed by atoms with Gasteiger partial charge in [0.2, 0.25) is 0 Å². The van der Waals surface area contributed by atoms with Crippen LogP contribution in [0.3, 0.4) is 0 Å². The number of quaternary nitrogens is 1. The molecule has 0 spiro atoms. The van der Waals surface area contributed by atoms with Crippen molar-refractivity contribution < 1.29 is 42.9 Å². The van der Waals surface area contributed by atoms with Gasteiger partial charge in [0, 0.05) is 12.8 Å². The highest BCUT2D eigenvalue weighted by Crippen LogP contribution is 2.21. The molecule has 0 aliphatic heterocycles. The highest BCUT2D eigenvalue weighted by molar-refractivity contribution is 5.71. The summed E-state index contributed by atoms with van der Waals surface area (Å²) in [6.45, 7) is 4.86. The maximum absolute atomic E-state index is 13.0. The van der Waals surface area contributed by atoms with E-state index in [1.165, 1.54) is 372 Å². The van der Waals surface area contributed by atoms with Crippen LogP contribution in [0.1, 0.15) is 463 Å². The maximum Gasteiger partial charge on any atom is 0.361 e. The summed E-state index contributed by atoms with van der Waals surface area (Å²) in [4.78, 5) is 37.8. The Morgan fingerprint density at radius 3 is 0.842 bits per heavy atom. The Morgan fingerprint density at radius 1 is 0.307 bits per heavy atom. The van der Waals surface area contributed by atoms with Crippen molar-refractivity contribution in [2.24, 2.45) is 0 Å². The fourth-order valence-electron chi connectivity index (χ4n) is 13.8. The summed E-state index contributed by atoms with van der Waals surface area (Å²) < 4.78 is 23.1. The molecule has 0 aromatic carbocycles. The van der Waals surface area contributed by atoms with Crippen LogP contribution in [0.15, 0.2) is 48.6 Å². The largest absolute Gasteiger partial charge is 0.477 e. The number of likely N-dealkylation sites (N-methyl/N-ethyl adjacent to an activating group) is 1. The molecule has 0 radical (unpaired) electrons. The van der Waals surface area contributed by atoms with Crippen LogP contribution in [-0.4, -0.2) is 87.4 Å². The van der Waals surface area contributed by atoms with Crippen molar-refractivity contribution in [1.29, 1.82) is 0 Å². The van der Waals surface area contributed by atoms with Gasteiger partial charge in [-0.2, -0.15) is 0 Å². The van der Waals surface area contributed by atoms with Crippen molar-refractivity contribution in [2.75, 3.05) is 47.5 Å². The Morgan fingerprint density at radius 2 is 0.564 bits per heavy atom. The fourth-order valence-corrected chi connectivity index (χ4v) is 13.8. The number of nitrogens with zero attached hydrogens (tertiary/aromatic N) is 1. The van der Waals surface area contributed by atoms with Gasteiger partial charge in [0.1, 0.15) is 13.2 Å². The van der Waals surface area contributed by atoms with Crippen molar-refractivity contribution in [3.63, 3.8) is 0 Å². The molecule has 594 valence electrons. The monoisotopic (exact) mass is 1420 g/mol. The summed E-state index contributed by atoms with van der Waals surface area (Å²) in [5.74, 6) is -1.96. The predicted molar refractivity (Wildman–Crippen MR) is 438 cm³/mol. The third-order valence-electron chi connectivity index (χ3n) is 20.6. The zero-order valence-corrected chi connectivity index (χ0v) is 68.4. The van der Waals surface area contributed by atoms with E-state index in [4.69, 9.17) is 18.9 Å². The van der Waals surface area contributed by atoms with Crippen LogP contribution in [0.25, 0.3) is 0 Å². The molecule has 2 atom stereocenters. The van der Waals surface area contributed by atoms with Gasteiger partial charge in [0.25, 0.3) is 6.29 Å². The molecule has 0 amide bonds. The van der Waals surface area contributed by atoms with E-state index >= 15 is 0 Å². The number of carboxylic acids is 1. The third kappa shape index (κ3) is 84.4. The van der Waals surface area contributed by atoms with Crippen molar-refractivity contribution in [2.45, 2.75) is 476 Å². The van der Waals surface area contributed by atoms with E-state index in [9.17, 15) is 19.5 Å². The minimum absolute atomic E-state index is 0.174. The van der Waals surface area contributed by atoms with Crippen molar-refractivity contribution in [3.8, 4) is 0 Å². The van der Waals surface area contributed by atoms with E-state index in [1.807, 2.05) is 21.1 Å². The van der Waals surface area contributed by atoms with Crippen molar-refractivity contribution >= 4 is 17.9 Å². The molecule has 9 heteroatoms. The third-order valence-corrected chi connectivity index (χ3v) is 20.6. The van der Waals surface area contributed by atoms with E-state index < -0.39 is 18.4 Å². The van der Waals surface area contributed by atoms with Crippen LogP contribution >= 0.6 is 0 Å². The van der Waals surface area contributed by atoms with Gasteiger partial charge in [-0.3, -0.25) is 9.59 Å². The minimum atomic E-state index is -1.51. The zero-order chi connectivity index (χ0) is 73.2. The van der Waals surface area contributed by atoms with Crippen LogP contribution in [0.4, 0.5) is 0 Å². The summed E-state index contributed by atoms with van der Waals surface area (Å²) in [5.41, 5.74) is 0. The molecule has 0 aromatic rings. The van der Waals surface area contributed by atoms with Crippen LogP contribution < -0.4 is 0 Å². The topological polar surface area (TPSA) is 108 Å². The SMILES string of the molecule is CC/C=C\C/C=C\C/C=C\C/C=C\CCCCCCCCCCCCCCCCCCCCCCCCCCCCC(=O)OC(COC(=O)CCCCCCCCCCCCCCCCCCCCCCCCCCCCCCCCCCCCCCC)COC(OCC[N+](C)(C)C)C(=O)O. The predicted octanol–water partition coefficient (Wildman–Crippen LogP) is 29.2. The summed E-state index contributed by atoms with van der Waals surface area (Å²) in [5, 5.41) is 9.79. The average molecular weight is 1420 g/mol. The zero-order valence-electron chi connectivity index (χ0n) is 68.4. The van der Waals surface area contributed by atoms with Gasteiger partial charge in [-0.05, 0) is 51.4 Å². The first-order valence-corrected chi connectivity index (χ1v) is 44.8. The van der Waals surface area contributed by atoms with E-state index in [2.05, 4.69) is 62.5 Å². The molecule has 9 nitrogen and oxygen atoms in total. The molecule has 0 heterocycles. The number of hydrogen-bond donors (Lipinski definition) is 1. The number of unbranched alkanes of at least 4 members (excludes halogenated alkanes) is 62. The lowest BCUT2D eigenvalue weighted by atomic mass is 10.0. The van der Waals surface area contributed by atoms with Gasteiger partial charge >= 0.3 is 17.9 Å².